The van der Waals surface area contributed by atoms with E-state index in [-0.39, 0.29) is 19.0 Å². The Balaban J connectivity index is 1.55. The van der Waals surface area contributed by atoms with Crippen molar-refractivity contribution < 1.29 is 40.7 Å². The molecule has 2 heterocycles. The van der Waals surface area contributed by atoms with E-state index in [1.165, 1.54) is 6.08 Å². The number of amides is 2. The van der Waals surface area contributed by atoms with Gasteiger partial charge in [0.2, 0.25) is 11.8 Å². The maximum atomic E-state index is 12.8. The normalized spacial score (nSPS) is 18.6. The number of carbonyl (C=O) groups is 2. The molecule has 0 bridgehead atoms. The number of para-hydroxylation sites is 1. The molecule has 0 atom stereocenters. The molecule has 194 valence electrons. The number of nitrogens with zero attached hydrogens (tertiary/aromatic N) is 2. The molecule has 1 aromatic carbocycles. The van der Waals surface area contributed by atoms with Crippen LogP contribution in [0.1, 0.15) is 38.2 Å². The highest BCUT2D eigenvalue weighted by molar-refractivity contribution is 5.92. The lowest BCUT2D eigenvalue weighted by molar-refractivity contribution is -0.284. The number of ether oxygens (including phenoxy) is 1. The van der Waals surface area contributed by atoms with Crippen molar-refractivity contribution in [3.63, 3.8) is 0 Å². The molecule has 0 aromatic heterocycles. The van der Waals surface area contributed by atoms with Crippen molar-refractivity contribution in [3.05, 3.63) is 35.9 Å². The third-order valence-electron chi connectivity index (χ3n) is 6.72. The maximum absolute atomic E-state index is 12.8. The van der Waals surface area contributed by atoms with Crippen molar-refractivity contribution in [2.45, 2.75) is 45.0 Å². The first kappa shape index (κ1) is 26.9. The first-order chi connectivity index (χ1) is 16.3. The predicted octanol–water partition coefficient (Wildman–Crippen LogP) is 5.07. The topological polar surface area (TPSA) is 49.9 Å². The second-order valence-corrected chi connectivity index (χ2v) is 9.03. The Morgan fingerprint density at radius 3 is 2.14 bits per heavy atom. The maximum Gasteiger partial charge on any atom is 0.400 e. The van der Waals surface area contributed by atoms with E-state index in [0.717, 1.165) is 10.5 Å². The predicted molar refractivity (Wildman–Crippen MR) is 116 cm³/mol. The van der Waals surface area contributed by atoms with Crippen molar-refractivity contribution in [1.29, 1.82) is 0 Å². The van der Waals surface area contributed by atoms with E-state index in [1.807, 2.05) is 25.1 Å². The second-order valence-electron chi connectivity index (χ2n) is 9.03. The van der Waals surface area contributed by atoms with Crippen LogP contribution in [0.25, 0.3) is 6.08 Å². The van der Waals surface area contributed by atoms with E-state index in [9.17, 15) is 35.9 Å². The molecule has 2 saturated heterocycles. The highest BCUT2D eigenvalue weighted by Gasteiger charge is 2.58. The first-order valence-electron chi connectivity index (χ1n) is 11.4. The number of piperidine rings is 1. The summed E-state index contributed by atoms with van der Waals surface area (Å²) in [6.07, 6.45) is -8.05. The van der Waals surface area contributed by atoms with Crippen molar-refractivity contribution in [2.75, 3.05) is 32.8 Å². The Hall–Kier alpha value is -2.72. The molecule has 35 heavy (non-hydrogen) atoms. The molecule has 0 radical (unpaired) electrons. The second kappa shape index (κ2) is 10.5. The van der Waals surface area contributed by atoms with Crippen LogP contribution in [0.5, 0.6) is 5.75 Å². The molecule has 1 spiro atoms. The van der Waals surface area contributed by atoms with Crippen LogP contribution in [0.4, 0.5) is 26.3 Å². The summed E-state index contributed by atoms with van der Waals surface area (Å²) in [6, 6.07) is 7.29. The van der Waals surface area contributed by atoms with Crippen molar-refractivity contribution in [2.24, 2.45) is 11.3 Å². The molecule has 1 aromatic rings. The van der Waals surface area contributed by atoms with Gasteiger partial charge in [0.1, 0.15) is 5.75 Å². The lowest BCUT2D eigenvalue weighted by Gasteiger charge is -2.39. The molecule has 5 nitrogen and oxygen atoms in total. The van der Waals surface area contributed by atoms with E-state index < -0.39 is 36.0 Å². The Morgan fingerprint density at radius 2 is 1.57 bits per heavy atom. The molecular formula is C24H28F6N2O3. The average molecular weight is 506 g/mol. The molecular weight excluding hydrogens is 478 g/mol. The summed E-state index contributed by atoms with van der Waals surface area (Å²) in [7, 11) is 0. The van der Waals surface area contributed by atoms with E-state index in [0.29, 0.717) is 44.7 Å². The number of alkyl halides is 6. The number of likely N-dealkylation sites (tertiary alicyclic amines) is 2. The Labute approximate surface area is 199 Å². The van der Waals surface area contributed by atoms with Crippen LogP contribution < -0.4 is 4.74 Å². The molecule has 2 amide bonds. The van der Waals surface area contributed by atoms with Gasteiger partial charge in [0, 0.05) is 44.2 Å². The van der Waals surface area contributed by atoms with E-state index in [2.05, 4.69) is 0 Å². The van der Waals surface area contributed by atoms with Gasteiger partial charge in [-0.15, -0.1) is 0 Å². The molecule has 2 aliphatic heterocycles. The minimum Gasteiger partial charge on any atom is -0.493 e. The van der Waals surface area contributed by atoms with Crippen LogP contribution in [0.3, 0.4) is 0 Å². The molecule has 0 unspecified atom stereocenters. The van der Waals surface area contributed by atoms with E-state index in [4.69, 9.17) is 4.74 Å². The Kier molecular flexibility index (Phi) is 8.06. The Bertz CT molecular complexity index is 922. The summed E-state index contributed by atoms with van der Waals surface area (Å²) in [5.41, 5.74) is 0.362. The summed E-state index contributed by atoms with van der Waals surface area (Å²) >= 11 is 0. The highest BCUT2D eigenvalue weighted by atomic mass is 19.4. The summed E-state index contributed by atoms with van der Waals surface area (Å²) in [4.78, 5) is 27.7. The number of hydrogen-bond acceptors (Lipinski definition) is 3. The molecule has 0 aliphatic carbocycles. The van der Waals surface area contributed by atoms with Gasteiger partial charge in [-0.05, 0) is 43.7 Å². The Morgan fingerprint density at radius 1 is 1.00 bits per heavy atom. The zero-order valence-corrected chi connectivity index (χ0v) is 19.3. The van der Waals surface area contributed by atoms with Crippen LogP contribution in [-0.2, 0) is 9.59 Å². The zero-order chi connectivity index (χ0) is 25.9. The van der Waals surface area contributed by atoms with Crippen molar-refractivity contribution >= 4 is 17.9 Å². The smallest absolute Gasteiger partial charge is 0.400 e. The van der Waals surface area contributed by atoms with Gasteiger partial charge in [-0.1, -0.05) is 18.2 Å². The molecule has 0 saturated carbocycles. The molecule has 2 aliphatic rings. The van der Waals surface area contributed by atoms with Crippen molar-refractivity contribution in [3.8, 4) is 5.75 Å². The minimum absolute atomic E-state index is 0.105. The van der Waals surface area contributed by atoms with Crippen molar-refractivity contribution in [1.82, 2.24) is 9.80 Å². The number of benzene rings is 1. The fraction of sp³-hybridized carbons (Fsp3) is 0.583. The summed E-state index contributed by atoms with van der Waals surface area (Å²) in [5.74, 6) is -4.35. The SMILES string of the molecule is CCOc1ccccc1/C=C/C(=O)N1CCC2(CC1)CCN(C(=O)CC(C(F)(F)F)C(F)(F)F)C2. The third kappa shape index (κ3) is 6.70. The summed E-state index contributed by atoms with van der Waals surface area (Å²) in [6.45, 7) is 3.35. The van der Waals surface area contributed by atoms with Gasteiger partial charge in [0.25, 0.3) is 0 Å². The fourth-order valence-corrected chi connectivity index (χ4v) is 4.65. The summed E-state index contributed by atoms with van der Waals surface area (Å²) in [5, 5.41) is 0. The quantitative estimate of drug-likeness (QED) is 0.400. The van der Waals surface area contributed by atoms with Gasteiger partial charge in [-0.25, -0.2) is 0 Å². The minimum atomic E-state index is -5.53. The monoisotopic (exact) mass is 506 g/mol. The van der Waals surface area contributed by atoms with Crippen LogP contribution >= 0.6 is 0 Å². The molecule has 0 N–H and O–H groups in total. The van der Waals surface area contributed by atoms with Gasteiger partial charge < -0.3 is 14.5 Å². The number of halogens is 6. The van der Waals surface area contributed by atoms with Crippen LogP contribution in [0.15, 0.2) is 30.3 Å². The molecule has 11 heteroatoms. The standard InChI is InChI=1S/C24H28F6N2O3/c1-2-35-18-6-4-3-5-17(18)7-8-20(33)31-12-9-22(10-13-31)11-14-32(16-22)21(34)15-19(23(25,26)27)24(28,29)30/h3-8,19H,2,9-16H2,1H3/b8-7+. The van der Waals surface area contributed by atoms with Crippen LogP contribution in [-0.4, -0.2) is 66.8 Å². The largest absolute Gasteiger partial charge is 0.493 e. The highest BCUT2D eigenvalue weighted by Crippen LogP contribution is 2.44. The van der Waals surface area contributed by atoms with Gasteiger partial charge in [0.15, 0.2) is 5.92 Å². The van der Waals surface area contributed by atoms with Gasteiger partial charge >= 0.3 is 12.4 Å². The molecule has 2 fully saturated rings. The van der Waals surface area contributed by atoms with Gasteiger partial charge in [0.05, 0.1) is 6.61 Å². The number of rotatable bonds is 6. The third-order valence-corrected chi connectivity index (χ3v) is 6.72. The van der Waals surface area contributed by atoms with E-state index >= 15 is 0 Å². The fourth-order valence-electron chi connectivity index (χ4n) is 4.65. The van der Waals surface area contributed by atoms with Gasteiger partial charge in [-0.3, -0.25) is 9.59 Å². The van der Waals surface area contributed by atoms with Gasteiger partial charge in [-0.2, -0.15) is 26.3 Å². The number of carbonyl (C=O) groups excluding carboxylic acids is 2. The van der Waals surface area contributed by atoms with E-state index in [1.54, 1.807) is 17.0 Å². The molecule has 3 rings (SSSR count). The van der Waals surface area contributed by atoms with Crippen LogP contribution in [0.2, 0.25) is 0 Å². The summed E-state index contributed by atoms with van der Waals surface area (Å²) < 4.78 is 82.5. The zero-order valence-electron chi connectivity index (χ0n) is 19.3. The average Bonchev–Trinajstić information content (AvgIpc) is 3.19. The first-order valence-corrected chi connectivity index (χ1v) is 11.4. The lowest BCUT2D eigenvalue weighted by atomic mass is 9.77. The van der Waals surface area contributed by atoms with Crippen LogP contribution in [0, 0.1) is 11.3 Å². The number of hydrogen-bond donors (Lipinski definition) is 0. The lowest BCUT2D eigenvalue weighted by Crippen LogP contribution is -2.45.